The highest BCUT2D eigenvalue weighted by molar-refractivity contribution is 7.22. The predicted octanol–water partition coefficient (Wildman–Crippen LogP) is 3.13. The smallest absolute Gasteiger partial charge is 0.183 e. The van der Waals surface area contributed by atoms with E-state index in [0.29, 0.717) is 6.61 Å². The predicted molar refractivity (Wildman–Crippen MR) is 86.2 cm³/mol. The van der Waals surface area contributed by atoms with Gasteiger partial charge in [0.2, 0.25) is 0 Å². The molecule has 5 heteroatoms. The Hall–Kier alpha value is -1.33. The highest BCUT2D eigenvalue weighted by Crippen LogP contribution is 2.35. The van der Waals surface area contributed by atoms with Crippen LogP contribution in [0.4, 0.5) is 10.8 Å². The molecule has 108 valence electrons. The molecule has 3 rings (SSSR count). The molecule has 20 heavy (non-hydrogen) atoms. The molecule has 0 atom stereocenters. The van der Waals surface area contributed by atoms with E-state index in [9.17, 15) is 0 Å². The number of benzene rings is 1. The topological polar surface area (TPSA) is 37.4 Å². The van der Waals surface area contributed by atoms with Crippen LogP contribution in [-0.2, 0) is 11.2 Å². The van der Waals surface area contributed by atoms with E-state index in [2.05, 4.69) is 34.3 Å². The molecule has 2 aromatic rings. The Morgan fingerprint density at radius 3 is 3.15 bits per heavy atom. The van der Waals surface area contributed by atoms with Crippen LogP contribution in [0.15, 0.2) is 12.1 Å². The number of nitrogens with zero attached hydrogens (tertiary/aromatic N) is 2. The molecular weight excluding hydrogens is 270 g/mol. The first-order chi connectivity index (χ1) is 9.81. The quantitative estimate of drug-likeness (QED) is 0.859. The zero-order valence-electron chi connectivity index (χ0n) is 12.1. The van der Waals surface area contributed by atoms with Crippen LogP contribution < -0.4 is 10.2 Å². The van der Waals surface area contributed by atoms with Crippen molar-refractivity contribution < 1.29 is 4.74 Å². The maximum atomic E-state index is 5.06. The molecule has 1 N–H and O–H groups in total. The van der Waals surface area contributed by atoms with Crippen LogP contribution in [0.5, 0.6) is 0 Å². The highest BCUT2D eigenvalue weighted by atomic mass is 32.1. The number of ether oxygens (including phenoxy) is 1. The summed E-state index contributed by atoms with van der Waals surface area (Å²) in [6.45, 7) is 5.96. The SMILES string of the molecule is CCN1CCCc2cc3sc(NCCOC)nc3cc21. The van der Waals surface area contributed by atoms with Gasteiger partial charge in [-0.2, -0.15) is 0 Å². The lowest BCUT2D eigenvalue weighted by Crippen LogP contribution is -2.28. The normalized spacial score (nSPS) is 14.6. The average molecular weight is 291 g/mol. The number of nitrogens with one attached hydrogen (secondary N) is 1. The lowest BCUT2D eigenvalue weighted by atomic mass is 10.0. The monoisotopic (exact) mass is 291 g/mol. The molecule has 0 fully saturated rings. The molecule has 0 unspecified atom stereocenters. The Kier molecular flexibility index (Phi) is 4.08. The summed E-state index contributed by atoms with van der Waals surface area (Å²) < 4.78 is 6.33. The number of anilines is 2. The third-order valence-electron chi connectivity index (χ3n) is 3.77. The standard InChI is InChI=1S/C15H21N3OS/c1-3-18-7-4-5-11-9-14-12(10-13(11)18)17-15(20-14)16-6-8-19-2/h9-10H,3-8H2,1-2H3,(H,16,17). The van der Waals surface area contributed by atoms with E-state index < -0.39 is 0 Å². The van der Waals surface area contributed by atoms with Gasteiger partial charge in [0.1, 0.15) is 0 Å². The van der Waals surface area contributed by atoms with E-state index in [1.165, 1.54) is 28.8 Å². The highest BCUT2D eigenvalue weighted by Gasteiger charge is 2.17. The third kappa shape index (κ3) is 2.60. The van der Waals surface area contributed by atoms with E-state index in [4.69, 9.17) is 4.74 Å². The summed E-state index contributed by atoms with van der Waals surface area (Å²) in [6, 6.07) is 4.58. The van der Waals surface area contributed by atoms with Gasteiger partial charge in [0, 0.05) is 32.4 Å². The Morgan fingerprint density at radius 1 is 1.45 bits per heavy atom. The second kappa shape index (κ2) is 5.97. The van der Waals surface area contributed by atoms with Crippen molar-refractivity contribution in [3.05, 3.63) is 17.7 Å². The molecule has 0 aliphatic carbocycles. The van der Waals surface area contributed by atoms with Crippen molar-refractivity contribution in [1.29, 1.82) is 0 Å². The first-order valence-electron chi connectivity index (χ1n) is 7.23. The van der Waals surface area contributed by atoms with Crippen molar-refractivity contribution in [2.75, 3.05) is 43.6 Å². The number of methoxy groups -OCH3 is 1. The number of thiazole rings is 1. The Balaban J connectivity index is 1.90. The molecular formula is C15H21N3OS. The fourth-order valence-corrected chi connectivity index (χ4v) is 3.68. The molecule has 1 aromatic carbocycles. The van der Waals surface area contributed by atoms with Crippen molar-refractivity contribution in [1.82, 2.24) is 4.98 Å². The maximum absolute atomic E-state index is 5.06. The van der Waals surface area contributed by atoms with Crippen molar-refractivity contribution in [3.8, 4) is 0 Å². The lowest BCUT2D eigenvalue weighted by Gasteiger charge is -2.30. The van der Waals surface area contributed by atoms with Gasteiger partial charge in [0.05, 0.1) is 16.8 Å². The largest absolute Gasteiger partial charge is 0.383 e. The van der Waals surface area contributed by atoms with E-state index in [0.717, 1.165) is 30.3 Å². The minimum absolute atomic E-state index is 0.704. The number of aromatic nitrogens is 1. The first-order valence-corrected chi connectivity index (χ1v) is 8.04. The van der Waals surface area contributed by atoms with Crippen LogP contribution in [0.2, 0.25) is 0 Å². The summed E-state index contributed by atoms with van der Waals surface area (Å²) in [4.78, 5) is 7.14. The molecule has 0 saturated carbocycles. The minimum atomic E-state index is 0.704. The molecule has 0 amide bonds. The van der Waals surface area contributed by atoms with Crippen molar-refractivity contribution in [3.63, 3.8) is 0 Å². The molecule has 0 saturated heterocycles. The van der Waals surface area contributed by atoms with Crippen molar-refractivity contribution >= 4 is 32.4 Å². The van der Waals surface area contributed by atoms with Gasteiger partial charge < -0.3 is 15.0 Å². The summed E-state index contributed by atoms with van der Waals surface area (Å²) in [6.07, 6.45) is 2.44. The lowest BCUT2D eigenvalue weighted by molar-refractivity contribution is 0.211. The van der Waals surface area contributed by atoms with E-state index >= 15 is 0 Å². The van der Waals surface area contributed by atoms with Gasteiger partial charge in [-0.25, -0.2) is 4.98 Å². The van der Waals surface area contributed by atoms with Crippen molar-refractivity contribution in [2.45, 2.75) is 19.8 Å². The summed E-state index contributed by atoms with van der Waals surface area (Å²) in [5.74, 6) is 0. The summed E-state index contributed by atoms with van der Waals surface area (Å²) >= 11 is 1.73. The van der Waals surface area contributed by atoms with E-state index in [1.807, 2.05) is 0 Å². The van der Waals surface area contributed by atoms with Gasteiger partial charge in [-0.05, 0) is 37.5 Å². The fourth-order valence-electron chi connectivity index (χ4n) is 2.74. The summed E-state index contributed by atoms with van der Waals surface area (Å²) in [5.41, 5.74) is 3.95. The molecule has 2 heterocycles. The van der Waals surface area contributed by atoms with Gasteiger partial charge in [0.15, 0.2) is 5.13 Å². The summed E-state index contributed by atoms with van der Waals surface area (Å²) in [7, 11) is 1.72. The van der Waals surface area contributed by atoms with Crippen LogP contribution in [0.3, 0.4) is 0 Å². The van der Waals surface area contributed by atoms with Gasteiger partial charge >= 0.3 is 0 Å². The minimum Gasteiger partial charge on any atom is -0.383 e. The molecule has 0 bridgehead atoms. The zero-order chi connectivity index (χ0) is 13.9. The Labute approximate surface area is 123 Å². The van der Waals surface area contributed by atoms with Crippen LogP contribution in [-0.4, -0.2) is 38.3 Å². The number of fused-ring (bicyclic) bond motifs is 2. The van der Waals surface area contributed by atoms with Crippen molar-refractivity contribution in [2.24, 2.45) is 0 Å². The van der Waals surface area contributed by atoms with Crippen LogP contribution in [0.1, 0.15) is 18.9 Å². The number of hydrogen-bond donors (Lipinski definition) is 1. The van der Waals surface area contributed by atoms with Gasteiger partial charge in [-0.15, -0.1) is 0 Å². The molecule has 1 aliphatic rings. The van der Waals surface area contributed by atoms with Gasteiger partial charge in [0.25, 0.3) is 0 Å². The van der Waals surface area contributed by atoms with Crippen LogP contribution >= 0.6 is 11.3 Å². The second-order valence-corrected chi connectivity index (χ2v) is 6.10. The zero-order valence-corrected chi connectivity index (χ0v) is 12.9. The van der Waals surface area contributed by atoms with Crippen LogP contribution in [0.25, 0.3) is 10.2 Å². The molecule has 1 aliphatic heterocycles. The fraction of sp³-hybridized carbons (Fsp3) is 0.533. The maximum Gasteiger partial charge on any atom is 0.183 e. The molecule has 1 aromatic heterocycles. The molecule has 0 spiro atoms. The Morgan fingerprint density at radius 2 is 2.35 bits per heavy atom. The number of aryl methyl sites for hydroxylation is 1. The average Bonchev–Trinajstić information content (AvgIpc) is 2.86. The number of hydrogen-bond acceptors (Lipinski definition) is 5. The Bertz CT molecular complexity index is 596. The van der Waals surface area contributed by atoms with Gasteiger partial charge in [-0.3, -0.25) is 0 Å². The number of rotatable bonds is 5. The van der Waals surface area contributed by atoms with Gasteiger partial charge in [-0.1, -0.05) is 11.3 Å². The molecule has 4 nitrogen and oxygen atoms in total. The third-order valence-corrected chi connectivity index (χ3v) is 4.74. The van der Waals surface area contributed by atoms with E-state index in [-0.39, 0.29) is 0 Å². The molecule has 0 radical (unpaired) electrons. The first kappa shape index (κ1) is 13.6. The second-order valence-electron chi connectivity index (χ2n) is 5.07. The van der Waals surface area contributed by atoms with E-state index in [1.54, 1.807) is 18.4 Å². The summed E-state index contributed by atoms with van der Waals surface area (Å²) in [5, 5.41) is 4.31. The van der Waals surface area contributed by atoms with Crippen LogP contribution in [0, 0.1) is 0 Å².